The van der Waals surface area contributed by atoms with Gasteiger partial charge in [0.15, 0.2) is 0 Å². The second kappa shape index (κ2) is 10.9. The Morgan fingerprint density at radius 3 is 2.43 bits per heavy atom. The summed E-state index contributed by atoms with van der Waals surface area (Å²) in [5.41, 5.74) is 1.82. The van der Waals surface area contributed by atoms with Crippen molar-refractivity contribution in [1.29, 1.82) is 0 Å². The van der Waals surface area contributed by atoms with E-state index in [1.807, 2.05) is 43.5 Å². The topological polar surface area (TPSA) is 75.3 Å². The molecule has 28 heavy (non-hydrogen) atoms. The van der Waals surface area contributed by atoms with Crippen LogP contribution in [0.25, 0.3) is 0 Å². The Kier molecular flexibility index (Phi) is 8.58. The summed E-state index contributed by atoms with van der Waals surface area (Å²) in [5, 5.41) is 2.70. The molecule has 5 nitrogen and oxygen atoms in total. The Morgan fingerprint density at radius 2 is 1.79 bits per heavy atom. The molecule has 7 heteroatoms. The first-order valence-corrected chi connectivity index (χ1v) is 11.7. The van der Waals surface area contributed by atoms with Gasteiger partial charge in [0.05, 0.1) is 11.4 Å². The maximum Gasteiger partial charge on any atom is 0.241 e. The van der Waals surface area contributed by atoms with Crippen LogP contribution in [0.4, 0.5) is 0 Å². The normalized spacial score (nSPS) is 11.9. The molecule has 0 saturated carbocycles. The lowest BCUT2D eigenvalue weighted by molar-refractivity contribution is -0.122. The predicted octanol–water partition coefficient (Wildman–Crippen LogP) is 2.56. The fourth-order valence-corrected chi connectivity index (χ4v) is 4.08. The van der Waals surface area contributed by atoms with Crippen molar-refractivity contribution in [3.05, 3.63) is 65.7 Å². The fraction of sp³-hybridized carbons (Fsp3) is 0.286. The van der Waals surface area contributed by atoms with E-state index in [-0.39, 0.29) is 17.3 Å². The minimum Gasteiger partial charge on any atom is -0.344 e. The molecule has 1 unspecified atom stereocenters. The zero-order chi connectivity index (χ0) is 20.4. The van der Waals surface area contributed by atoms with Crippen LogP contribution in [0.5, 0.6) is 0 Å². The third kappa shape index (κ3) is 7.04. The highest BCUT2D eigenvalue weighted by molar-refractivity contribution is 7.98. The van der Waals surface area contributed by atoms with Crippen LogP contribution >= 0.6 is 11.8 Å². The van der Waals surface area contributed by atoms with E-state index in [2.05, 4.69) is 21.9 Å². The molecule has 148 valence electrons. The first kappa shape index (κ1) is 22.0. The lowest BCUT2D eigenvalue weighted by Crippen LogP contribution is -2.47. The van der Waals surface area contributed by atoms with Gasteiger partial charge in [0.1, 0.15) is 6.04 Å². The molecule has 0 saturated heterocycles. The molecule has 2 aromatic rings. The highest BCUT2D eigenvalue weighted by atomic mass is 32.2. The van der Waals surface area contributed by atoms with Crippen LogP contribution in [-0.2, 0) is 14.8 Å². The summed E-state index contributed by atoms with van der Waals surface area (Å²) in [7, 11) is -3.78. The molecule has 2 N–H and O–H groups in total. The summed E-state index contributed by atoms with van der Waals surface area (Å²) >= 11 is 1.55. The average molecular weight is 417 g/mol. The summed E-state index contributed by atoms with van der Waals surface area (Å²) < 4.78 is 27.7. The lowest BCUT2D eigenvalue weighted by atomic mass is 10.2. The van der Waals surface area contributed by atoms with Gasteiger partial charge in [0.2, 0.25) is 15.9 Å². The van der Waals surface area contributed by atoms with E-state index < -0.39 is 16.1 Å². The van der Waals surface area contributed by atoms with Gasteiger partial charge in [0.25, 0.3) is 0 Å². The van der Waals surface area contributed by atoms with Gasteiger partial charge < -0.3 is 5.32 Å². The molecule has 2 rings (SSSR count). The Labute approximate surface area is 171 Å². The number of rotatable bonds is 8. The van der Waals surface area contributed by atoms with E-state index in [0.29, 0.717) is 12.2 Å². The maximum atomic E-state index is 12.6. The zero-order valence-corrected chi connectivity index (χ0v) is 17.6. The van der Waals surface area contributed by atoms with Crippen LogP contribution in [0.1, 0.15) is 17.5 Å². The molecule has 0 aliphatic heterocycles. The minimum atomic E-state index is -3.78. The molecule has 0 aliphatic rings. The van der Waals surface area contributed by atoms with Crippen molar-refractivity contribution in [3.8, 4) is 11.8 Å². The Morgan fingerprint density at radius 1 is 1.11 bits per heavy atom. The fourth-order valence-electron chi connectivity index (χ4n) is 2.37. The van der Waals surface area contributed by atoms with Crippen molar-refractivity contribution in [2.24, 2.45) is 0 Å². The number of nitrogens with one attached hydrogen (secondary N) is 2. The van der Waals surface area contributed by atoms with Crippen LogP contribution in [0, 0.1) is 18.8 Å². The van der Waals surface area contributed by atoms with Crippen molar-refractivity contribution in [2.75, 3.05) is 18.6 Å². The van der Waals surface area contributed by atoms with Crippen LogP contribution < -0.4 is 10.0 Å². The molecule has 1 amide bonds. The first-order chi connectivity index (χ1) is 13.4. The number of benzene rings is 2. The average Bonchev–Trinajstić information content (AvgIpc) is 2.69. The monoisotopic (exact) mass is 416 g/mol. The van der Waals surface area contributed by atoms with Crippen molar-refractivity contribution >= 4 is 27.7 Å². The van der Waals surface area contributed by atoms with Gasteiger partial charge >= 0.3 is 0 Å². The number of hydrogen-bond donors (Lipinski definition) is 2. The minimum absolute atomic E-state index is 0.143. The number of carbonyl (C=O) groups excluding carboxylic acids is 1. The molecular formula is C21H24N2O3S2. The van der Waals surface area contributed by atoms with E-state index in [0.717, 1.165) is 11.1 Å². The summed E-state index contributed by atoms with van der Waals surface area (Å²) in [6.45, 7) is 2.03. The van der Waals surface area contributed by atoms with Crippen LogP contribution in [-0.4, -0.2) is 38.9 Å². The van der Waals surface area contributed by atoms with Gasteiger partial charge in [-0.05, 0) is 49.6 Å². The number of hydrogen-bond acceptors (Lipinski definition) is 4. The van der Waals surface area contributed by atoms with Crippen LogP contribution in [0.2, 0.25) is 0 Å². The van der Waals surface area contributed by atoms with E-state index in [4.69, 9.17) is 0 Å². The highest BCUT2D eigenvalue weighted by Crippen LogP contribution is 2.12. The second-order valence-electron chi connectivity index (χ2n) is 6.15. The predicted molar refractivity (Wildman–Crippen MR) is 115 cm³/mol. The third-order valence-electron chi connectivity index (χ3n) is 3.91. The van der Waals surface area contributed by atoms with Gasteiger partial charge in [-0.2, -0.15) is 16.5 Å². The van der Waals surface area contributed by atoms with Gasteiger partial charge in [-0.25, -0.2) is 8.42 Å². The maximum absolute atomic E-state index is 12.6. The van der Waals surface area contributed by atoms with Gasteiger partial charge in [0, 0.05) is 5.56 Å². The number of aryl methyl sites for hydroxylation is 1. The van der Waals surface area contributed by atoms with E-state index >= 15 is 0 Å². The summed E-state index contributed by atoms with van der Waals surface area (Å²) in [5.74, 6) is 6.11. The number of sulfonamides is 1. The highest BCUT2D eigenvalue weighted by Gasteiger charge is 2.25. The molecule has 0 aliphatic carbocycles. The molecule has 2 aromatic carbocycles. The standard InChI is InChI=1S/C21H24N2O3S2/c1-17-10-12-19(13-11-17)28(25,26)23-20(14-16-27-2)21(24)22-15-6-9-18-7-4-3-5-8-18/h3-5,7-8,10-13,20,23H,14-16H2,1-2H3,(H,22,24). The zero-order valence-electron chi connectivity index (χ0n) is 15.9. The molecule has 0 heterocycles. The molecular weight excluding hydrogens is 392 g/mol. The molecule has 1 atom stereocenters. The quantitative estimate of drug-likeness (QED) is 0.649. The molecule has 0 radical (unpaired) electrons. The lowest BCUT2D eigenvalue weighted by Gasteiger charge is -2.17. The van der Waals surface area contributed by atoms with E-state index in [1.165, 1.54) is 12.1 Å². The van der Waals surface area contributed by atoms with Crippen molar-refractivity contribution < 1.29 is 13.2 Å². The van der Waals surface area contributed by atoms with Gasteiger partial charge in [-0.3, -0.25) is 4.79 Å². The van der Waals surface area contributed by atoms with Crippen LogP contribution in [0.15, 0.2) is 59.5 Å². The van der Waals surface area contributed by atoms with E-state index in [1.54, 1.807) is 23.9 Å². The van der Waals surface area contributed by atoms with Crippen LogP contribution in [0.3, 0.4) is 0 Å². The molecule has 0 bridgehead atoms. The summed E-state index contributed by atoms with van der Waals surface area (Å²) in [6.07, 6.45) is 2.30. The first-order valence-electron chi connectivity index (χ1n) is 8.82. The summed E-state index contributed by atoms with van der Waals surface area (Å²) in [4.78, 5) is 12.7. The molecule has 0 spiro atoms. The Bertz CT molecular complexity index is 931. The molecule has 0 aromatic heterocycles. The Balaban J connectivity index is 2.02. The number of thioether (sulfide) groups is 1. The smallest absolute Gasteiger partial charge is 0.241 e. The van der Waals surface area contributed by atoms with Crippen molar-refractivity contribution in [3.63, 3.8) is 0 Å². The number of carbonyl (C=O) groups is 1. The van der Waals surface area contributed by atoms with Crippen molar-refractivity contribution in [1.82, 2.24) is 10.0 Å². The summed E-state index contributed by atoms with van der Waals surface area (Å²) in [6, 6.07) is 15.1. The third-order valence-corrected chi connectivity index (χ3v) is 6.04. The number of amides is 1. The largest absolute Gasteiger partial charge is 0.344 e. The van der Waals surface area contributed by atoms with Gasteiger partial charge in [-0.1, -0.05) is 47.7 Å². The van der Waals surface area contributed by atoms with Crippen molar-refractivity contribution in [2.45, 2.75) is 24.3 Å². The Hall–Kier alpha value is -2.27. The van der Waals surface area contributed by atoms with Gasteiger partial charge in [-0.15, -0.1) is 0 Å². The molecule has 0 fully saturated rings. The second-order valence-corrected chi connectivity index (χ2v) is 8.85. The SMILES string of the molecule is CSCCC(NS(=O)(=O)c1ccc(C)cc1)C(=O)NCC#Cc1ccccc1. The van der Waals surface area contributed by atoms with E-state index in [9.17, 15) is 13.2 Å².